The maximum Gasteiger partial charge on any atom is 0.254 e. The van der Waals surface area contributed by atoms with E-state index in [1.54, 1.807) is 0 Å². The summed E-state index contributed by atoms with van der Waals surface area (Å²) in [4.78, 5) is 45.2. The maximum atomic E-state index is 12.4. The molecule has 0 fully saturated rings. The second-order valence-corrected chi connectivity index (χ2v) is 7.55. The average molecular weight is 438 g/mol. The van der Waals surface area contributed by atoms with E-state index in [4.69, 9.17) is 4.74 Å². The molecule has 2 heterocycles. The van der Waals surface area contributed by atoms with E-state index in [1.165, 1.54) is 33.9 Å². The fourth-order valence-electron chi connectivity index (χ4n) is 3.04. The molecule has 0 unspecified atom stereocenters. The van der Waals surface area contributed by atoms with Crippen LogP contribution in [0, 0.1) is 0 Å². The Hall–Kier alpha value is -3.75. The summed E-state index contributed by atoms with van der Waals surface area (Å²) in [5.74, 6) is 0.561. The molecule has 168 valence electrons. The van der Waals surface area contributed by atoms with E-state index in [0.29, 0.717) is 18.0 Å². The van der Waals surface area contributed by atoms with Crippen molar-refractivity contribution >= 4 is 5.91 Å². The van der Waals surface area contributed by atoms with Crippen molar-refractivity contribution in [2.45, 2.75) is 39.8 Å². The first-order valence-electron chi connectivity index (χ1n) is 10.5. The molecule has 0 radical (unpaired) electrons. The molecular formula is C23H27N5O4. The van der Waals surface area contributed by atoms with Gasteiger partial charge in [0.1, 0.15) is 12.3 Å². The Labute approximate surface area is 185 Å². The average Bonchev–Trinajstić information content (AvgIpc) is 2.77. The molecule has 0 saturated carbocycles. The van der Waals surface area contributed by atoms with Crippen LogP contribution in [0.15, 0.2) is 58.6 Å². The first-order valence-corrected chi connectivity index (χ1v) is 10.5. The molecule has 0 atom stereocenters. The molecule has 2 aromatic heterocycles. The zero-order chi connectivity index (χ0) is 23.1. The van der Waals surface area contributed by atoms with Crippen LogP contribution in [-0.2, 0) is 17.9 Å². The third kappa shape index (κ3) is 5.90. The normalized spacial score (nSPS) is 10.9. The van der Waals surface area contributed by atoms with Gasteiger partial charge in [-0.05, 0) is 37.1 Å². The number of carbonyl (C=O) groups excluding carboxylic acids is 1. The number of nitrogens with zero attached hydrogens (tertiary/aromatic N) is 4. The van der Waals surface area contributed by atoms with Gasteiger partial charge in [0, 0.05) is 30.8 Å². The standard InChI is InChI=1S/C23H27N5O4/c1-4-32-18-7-5-17(6-8-18)20-12-22(30)27(14-26-20)10-9-24-21(29)13-28-15-25-19(16(2)3)11-23(28)31/h5-8,11-12,14-16H,4,9-10,13H2,1-3H3,(H,24,29). The summed E-state index contributed by atoms with van der Waals surface area (Å²) < 4.78 is 8.09. The van der Waals surface area contributed by atoms with E-state index >= 15 is 0 Å². The number of aromatic nitrogens is 4. The molecule has 32 heavy (non-hydrogen) atoms. The number of hydrogen-bond donors (Lipinski definition) is 1. The summed E-state index contributed by atoms with van der Waals surface area (Å²) in [5.41, 5.74) is 1.57. The smallest absolute Gasteiger partial charge is 0.254 e. The monoisotopic (exact) mass is 437 g/mol. The third-order valence-corrected chi connectivity index (χ3v) is 4.82. The Morgan fingerprint density at radius 2 is 1.72 bits per heavy atom. The maximum absolute atomic E-state index is 12.4. The van der Waals surface area contributed by atoms with E-state index in [1.807, 2.05) is 45.0 Å². The lowest BCUT2D eigenvalue weighted by atomic mass is 10.1. The van der Waals surface area contributed by atoms with Crippen molar-refractivity contribution < 1.29 is 9.53 Å². The number of hydrogen-bond acceptors (Lipinski definition) is 6. The van der Waals surface area contributed by atoms with Crippen LogP contribution in [0.4, 0.5) is 0 Å². The van der Waals surface area contributed by atoms with Gasteiger partial charge in [-0.25, -0.2) is 9.97 Å². The van der Waals surface area contributed by atoms with Gasteiger partial charge in [-0.2, -0.15) is 0 Å². The molecule has 1 N–H and O–H groups in total. The summed E-state index contributed by atoms with van der Waals surface area (Å²) in [6.45, 7) is 6.76. The number of benzene rings is 1. The molecule has 1 aromatic carbocycles. The Kier molecular flexibility index (Phi) is 7.54. The summed E-state index contributed by atoms with van der Waals surface area (Å²) in [6, 6.07) is 10.3. The summed E-state index contributed by atoms with van der Waals surface area (Å²) in [5, 5.41) is 2.71. The largest absolute Gasteiger partial charge is 0.494 e. The molecular weight excluding hydrogens is 410 g/mol. The summed E-state index contributed by atoms with van der Waals surface area (Å²) in [7, 11) is 0. The highest BCUT2D eigenvalue weighted by Gasteiger charge is 2.08. The van der Waals surface area contributed by atoms with Crippen molar-refractivity contribution in [3.63, 3.8) is 0 Å². The first kappa shape index (κ1) is 22.9. The lowest BCUT2D eigenvalue weighted by Gasteiger charge is -2.10. The fraction of sp³-hybridized carbons (Fsp3) is 0.348. The molecule has 9 heteroatoms. The molecule has 0 bridgehead atoms. The lowest BCUT2D eigenvalue weighted by Crippen LogP contribution is -2.35. The van der Waals surface area contributed by atoms with E-state index in [-0.39, 0.29) is 42.6 Å². The molecule has 3 aromatic rings. The highest BCUT2D eigenvalue weighted by molar-refractivity contribution is 5.75. The SMILES string of the molecule is CCOc1ccc(-c2cc(=O)n(CCNC(=O)Cn3cnc(C(C)C)cc3=O)cn2)cc1. The van der Waals surface area contributed by atoms with Crippen LogP contribution >= 0.6 is 0 Å². The van der Waals surface area contributed by atoms with Crippen molar-refractivity contribution in [1.29, 1.82) is 0 Å². The van der Waals surface area contributed by atoms with Gasteiger partial charge in [0.25, 0.3) is 11.1 Å². The highest BCUT2D eigenvalue weighted by Crippen LogP contribution is 2.19. The van der Waals surface area contributed by atoms with Gasteiger partial charge in [-0.15, -0.1) is 0 Å². The number of rotatable bonds is 9. The minimum atomic E-state index is -0.335. The van der Waals surface area contributed by atoms with Gasteiger partial charge in [0.15, 0.2) is 0 Å². The Balaban J connectivity index is 1.55. The van der Waals surface area contributed by atoms with E-state index in [2.05, 4.69) is 15.3 Å². The van der Waals surface area contributed by atoms with E-state index in [0.717, 1.165) is 11.3 Å². The molecule has 9 nitrogen and oxygen atoms in total. The van der Waals surface area contributed by atoms with Crippen molar-refractivity contribution in [2.75, 3.05) is 13.2 Å². The Morgan fingerprint density at radius 1 is 1.03 bits per heavy atom. The Bertz CT molecular complexity index is 1180. The van der Waals surface area contributed by atoms with Crippen LogP contribution in [0.5, 0.6) is 5.75 Å². The third-order valence-electron chi connectivity index (χ3n) is 4.82. The summed E-state index contributed by atoms with van der Waals surface area (Å²) >= 11 is 0. The molecule has 0 aliphatic heterocycles. The van der Waals surface area contributed by atoms with Gasteiger partial charge < -0.3 is 10.1 Å². The van der Waals surface area contributed by atoms with Crippen molar-refractivity contribution in [2.24, 2.45) is 0 Å². The number of amides is 1. The quantitative estimate of drug-likeness (QED) is 0.547. The van der Waals surface area contributed by atoms with Gasteiger partial charge in [0.05, 0.1) is 30.6 Å². The predicted molar refractivity (Wildman–Crippen MR) is 121 cm³/mol. The molecule has 0 spiro atoms. The van der Waals surface area contributed by atoms with E-state index < -0.39 is 0 Å². The Morgan fingerprint density at radius 3 is 2.34 bits per heavy atom. The van der Waals surface area contributed by atoms with E-state index in [9.17, 15) is 14.4 Å². The zero-order valence-corrected chi connectivity index (χ0v) is 18.4. The van der Waals surface area contributed by atoms with Crippen LogP contribution in [0.1, 0.15) is 32.4 Å². The fourth-order valence-corrected chi connectivity index (χ4v) is 3.04. The second kappa shape index (κ2) is 10.5. The lowest BCUT2D eigenvalue weighted by molar-refractivity contribution is -0.121. The van der Waals surface area contributed by atoms with Crippen molar-refractivity contribution in [1.82, 2.24) is 24.4 Å². The molecule has 0 aliphatic rings. The van der Waals surface area contributed by atoms with Crippen LogP contribution in [-0.4, -0.2) is 38.2 Å². The number of nitrogens with one attached hydrogen (secondary N) is 1. The van der Waals surface area contributed by atoms with Gasteiger partial charge in [0.2, 0.25) is 5.91 Å². The molecule has 1 amide bonds. The van der Waals surface area contributed by atoms with Crippen LogP contribution < -0.4 is 21.2 Å². The molecule has 3 rings (SSSR count). The topological polar surface area (TPSA) is 108 Å². The van der Waals surface area contributed by atoms with Crippen LogP contribution in [0.3, 0.4) is 0 Å². The minimum absolute atomic E-state index is 0.131. The van der Waals surface area contributed by atoms with Crippen LogP contribution in [0.2, 0.25) is 0 Å². The van der Waals surface area contributed by atoms with Gasteiger partial charge in [-0.3, -0.25) is 23.5 Å². The van der Waals surface area contributed by atoms with Crippen LogP contribution in [0.25, 0.3) is 11.3 Å². The first-order chi connectivity index (χ1) is 15.4. The molecule has 0 aliphatic carbocycles. The zero-order valence-electron chi connectivity index (χ0n) is 18.4. The van der Waals surface area contributed by atoms with Gasteiger partial charge in [-0.1, -0.05) is 13.8 Å². The highest BCUT2D eigenvalue weighted by atomic mass is 16.5. The summed E-state index contributed by atoms with van der Waals surface area (Å²) in [6.07, 6.45) is 2.84. The van der Waals surface area contributed by atoms with Gasteiger partial charge >= 0.3 is 0 Å². The number of ether oxygens (including phenoxy) is 1. The molecule has 0 saturated heterocycles. The second-order valence-electron chi connectivity index (χ2n) is 7.55. The van der Waals surface area contributed by atoms with Crippen molar-refractivity contribution in [3.8, 4) is 17.0 Å². The number of carbonyl (C=O) groups is 1. The van der Waals surface area contributed by atoms with Crippen molar-refractivity contribution in [3.05, 3.63) is 75.5 Å². The minimum Gasteiger partial charge on any atom is -0.494 e. The predicted octanol–water partition coefficient (Wildman–Crippen LogP) is 1.81.